The van der Waals surface area contributed by atoms with E-state index in [2.05, 4.69) is 75.7 Å². The molecule has 4 rings (SSSR count). The van der Waals surface area contributed by atoms with Gasteiger partial charge >= 0.3 is 59.5 Å². The van der Waals surface area contributed by atoms with Crippen molar-refractivity contribution >= 4 is 68.8 Å². The minimum atomic E-state index is 0. The van der Waals surface area contributed by atoms with E-state index in [9.17, 15) is 0 Å². The molecule has 0 fully saturated rings. The van der Waals surface area contributed by atoms with Crippen LogP contribution in [0.25, 0.3) is 10.8 Å². The van der Waals surface area contributed by atoms with Crippen LogP contribution in [0.2, 0.25) is 0 Å². The fourth-order valence-corrected chi connectivity index (χ4v) is 2.17. The molecule has 2 aliphatic rings. The minimum absolute atomic E-state index is 0. The van der Waals surface area contributed by atoms with Gasteiger partial charge in [-0.3, -0.25) is 0 Å². The Bertz CT molecular complexity index is 676. The molecule has 0 aliphatic heterocycles. The summed E-state index contributed by atoms with van der Waals surface area (Å²) in [6.07, 6.45) is 14.8. The molecule has 2 aliphatic carbocycles. The summed E-state index contributed by atoms with van der Waals surface area (Å²) in [6.45, 7) is 0. The van der Waals surface area contributed by atoms with E-state index in [1.54, 1.807) is 0 Å². The van der Waals surface area contributed by atoms with Crippen LogP contribution in [0, 0.1) is 6.08 Å². The second-order valence-electron chi connectivity index (χ2n) is 4.48. The van der Waals surface area contributed by atoms with Crippen LogP contribution in [0.15, 0.2) is 84.0 Å². The smallest absolute Gasteiger partial charge is 0.663 e. The molecule has 6 heteroatoms. The molecule has 0 saturated heterocycles. The number of hydrogen-bond acceptors (Lipinski definition) is 1. The largest absolute Gasteiger partial charge is 2.00 e. The molecule has 0 N–H and O–H groups in total. The van der Waals surface area contributed by atoms with Crippen LogP contribution >= 0.6 is 24.8 Å². The van der Waals surface area contributed by atoms with Crippen molar-refractivity contribution in [3.05, 3.63) is 90.1 Å². The molecule has 0 atom stereocenters. The summed E-state index contributed by atoms with van der Waals surface area (Å²) in [5.41, 5.74) is 2.57. The molecule has 2 aromatic carbocycles. The van der Waals surface area contributed by atoms with Gasteiger partial charge in [0.1, 0.15) is 0 Å². The summed E-state index contributed by atoms with van der Waals surface area (Å²) >= 11 is 4.08. The Hall–Kier alpha value is 0.278. The van der Waals surface area contributed by atoms with Gasteiger partial charge < -0.3 is 2.84 Å². The van der Waals surface area contributed by atoms with Gasteiger partial charge in [0.05, 0.1) is 0 Å². The summed E-state index contributed by atoms with van der Waals surface area (Å²) in [6, 6.07) is 14.7. The molecule has 118 valence electrons. The molecule has 24 heavy (non-hydrogen) atoms. The van der Waals surface area contributed by atoms with Crippen molar-refractivity contribution in [3.63, 3.8) is 0 Å². The van der Waals surface area contributed by atoms with Crippen molar-refractivity contribution in [2.75, 3.05) is 0 Å². The van der Waals surface area contributed by atoms with Gasteiger partial charge in [-0.15, -0.1) is 72.2 Å². The predicted octanol–water partition coefficient (Wildman–Crippen LogP) is 4.74. The number of halogens is 2. The third-order valence-corrected chi connectivity index (χ3v) is 3.12. The topological polar surface area (TPSA) is 9.23 Å². The van der Waals surface area contributed by atoms with Gasteiger partial charge in [-0.2, -0.15) is 41.3 Å². The van der Waals surface area contributed by atoms with Crippen LogP contribution in [0.4, 0.5) is 0 Å². The molecule has 0 spiro atoms. The molecular weight excluding hydrogens is 448 g/mol. The maximum Gasteiger partial charge on any atom is 2.00 e. The van der Waals surface area contributed by atoms with Crippen molar-refractivity contribution in [2.45, 2.75) is 6.42 Å². The first-order valence-electron chi connectivity index (χ1n) is 6.68. The third-order valence-electron chi connectivity index (χ3n) is 3.12. The number of rotatable bonds is 0. The zero-order valence-corrected chi connectivity index (χ0v) is 19.4. The summed E-state index contributed by atoms with van der Waals surface area (Å²) in [7, 11) is 0. The summed E-state index contributed by atoms with van der Waals surface area (Å²) in [5.74, 6) is 0. The van der Waals surface area contributed by atoms with E-state index in [1.165, 1.54) is 21.9 Å². The molecule has 1 nitrogen and oxygen atoms in total. The van der Waals surface area contributed by atoms with Crippen molar-refractivity contribution in [2.24, 2.45) is 0 Å². The van der Waals surface area contributed by atoms with Crippen LogP contribution in [-0.4, -0.2) is 33.2 Å². The Labute approximate surface area is 192 Å². The second kappa shape index (κ2) is 15.5. The number of fused-ring (bicyclic) bond motifs is 2. The molecular formula is C18H16Al2Cl2OZr. The monoisotopic (exact) mass is 462 g/mol. The van der Waals surface area contributed by atoms with E-state index in [4.69, 9.17) is 0 Å². The maximum atomic E-state index is 4.08. The number of hydrogen-bond donors (Lipinski definition) is 0. The average molecular weight is 464 g/mol. The average Bonchev–Trinajstić information content (AvgIpc) is 3.17. The summed E-state index contributed by atoms with van der Waals surface area (Å²) in [4.78, 5) is 0. The van der Waals surface area contributed by atoms with Crippen LogP contribution in [0.1, 0.15) is 6.42 Å². The molecule has 0 amide bonds. The number of benzene rings is 1. The standard InChI is InChI=1S/2C9H7.2Al.2ClH.O.Zr/c2*1-2-5-9-7-3-6-8(9)4-1;;;;;;/h1,3-6H,2H2;1-7H;;;2*1H;;/q2*-1;;;;;;+2. The molecule has 2 aromatic rings. The van der Waals surface area contributed by atoms with Crippen molar-refractivity contribution in [1.82, 2.24) is 0 Å². The molecule has 0 bridgehead atoms. The van der Waals surface area contributed by atoms with Crippen molar-refractivity contribution < 1.29 is 29.0 Å². The molecule has 4 radical (unpaired) electrons. The Morgan fingerprint density at radius 1 is 1.08 bits per heavy atom. The first-order valence-corrected chi connectivity index (χ1v) is 7.62. The van der Waals surface area contributed by atoms with E-state index >= 15 is 0 Å². The van der Waals surface area contributed by atoms with Crippen molar-refractivity contribution in [3.8, 4) is 0 Å². The summed E-state index contributed by atoms with van der Waals surface area (Å²) in [5, 5.41) is 2.66. The van der Waals surface area contributed by atoms with Gasteiger partial charge in [-0.05, 0) is 0 Å². The maximum absolute atomic E-state index is 4.08. The molecule has 0 aromatic heterocycles. The van der Waals surface area contributed by atoms with Gasteiger partial charge in [0.2, 0.25) is 0 Å². The van der Waals surface area contributed by atoms with Gasteiger partial charge in [0, 0.05) is 0 Å². The van der Waals surface area contributed by atoms with E-state index in [-0.39, 0.29) is 51.0 Å². The molecule has 0 heterocycles. The van der Waals surface area contributed by atoms with Crippen LogP contribution < -0.4 is 0 Å². The zero-order valence-electron chi connectivity index (χ0n) is 13.0. The SMILES string of the molecule is Cl.Cl.[Al][O][Al].[C-]1=CC=C2C=CCC=C12.[Zr+2].c1ccc2[cH-]ccc2c1. The van der Waals surface area contributed by atoms with Crippen molar-refractivity contribution in [1.29, 1.82) is 0 Å². The van der Waals surface area contributed by atoms with E-state index in [0.717, 1.165) is 6.42 Å². The van der Waals surface area contributed by atoms with E-state index in [1.807, 2.05) is 39.3 Å². The van der Waals surface area contributed by atoms with Gasteiger partial charge in [0.25, 0.3) is 0 Å². The fourth-order valence-electron chi connectivity index (χ4n) is 2.17. The Morgan fingerprint density at radius 3 is 2.46 bits per heavy atom. The Kier molecular flexibility index (Phi) is 17.1. The Balaban J connectivity index is 0. The number of allylic oxidation sites excluding steroid dienone is 8. The molecule has 0 unspecified atom stereocenters. The van der Waals surface area contributed by atoms with Gasteiger partial charge in [0.15, 0.2) is 0 Å². The van der Waals surface area contributed by atoms with Gasteiger partial charge in [-0.25, -0.2) is 0 Å². The normalized spacial score (nSPS) is 12.5. The third kappa shape index (κ3) is 8.58. The minimum Gasteiger partial charge on any atom is -0.663 e. The van der Waals surface area contributed by atoms with E-state index in [0.29, 0.717) is 0 Å². The summed E-state index contributed by atoms with van der Waals surface area (Å²) < 4.78 is 4.08. The first-order chi connectivity index (χ1) is 10.3. The fraction of sp³-hybridized carbons (Fsp3) is 0.0556. The Morgan fingerprint density at radius 2 is 1.79 bits per heavy atom. The van der Waals surface area contributed by atoms with Crippen LogP contribution in [0.5, 0.6) is 0 Å². The van der Waals surface area contributed by atoms with E-state index < -0.39 is 0 Å². The molecule has 0 saturated carbocycles. The quantitative estimate of drug-likeness (QED) is 0.404. The van der Waals surface area contributed by atoms with Crippen LogP contribution in [0.3, 0.4) is 0 Å². The predicted molar refractivity (Wildman–Crippen MR) is 104 cm³/mol. The van der Waals surface area contributed by atoms with Crippen LogP contribution in [-0.2, 0) is 29.0 Å². The second-order valence-corrected chi connectivity index (χ2v) is 5.57. The van der Waals surface area contributed by atoms with Gasteiger partial charge in [-0.1, -0.05) is 18.6 Å². The first kappa shape index (κ1) is 26.5. The zero-order chi connectivity index (χ0) is 14.9.